The van der Waals surface area contributed by atoms with Crippen LogP contribution < -0.4 is 5.43 Å². The van der Waals surface area contributed by atoms with Crippen LogP contribution >= 0.6 is 11.6 Å². The number of halogens is 1. The normalized spacial score (nSPS) is 11.1. The third-order valence-corrected chi connectivity index (χ3v) is 3.53. The Morgan fingerprint density at radius 2 is 1.71 bits per heavy atom. The third kappa shape index (κ3) is 2.83. The lowest BCUT2D eigenvalue weighted by Gasteiger charge is -2.05. The number of fused-ring (bicyclic) bond motifs is 1. The average molecular weight is 297 g/mol. The van der Waals surface area contributed by atoms with Gasteiger partial charge in [-0.3, -0.25) is 5.43 Å². The van der Waals surface area contributed by atoms with Crippen LogP contribution in [0.2, 0.25) is 5.02 Å². The lowest BCUT2D eigenvalue weighted by Crippen LogP contribution is -1.92. The van der Waals surface area contributed by atoms with Crippen molar-refractivity contribution in [3.63, 3.8) is 0 Å². The summed E-state index contributed by atoms with van der Waals surface area (Å²) in [5, 5.41) is 16.8. The number of para-hydroxylation sites is 1. The van der Waals surface area contributed by atoms with Gasteiger partial charge in [-0.05, 0) is 29.0 Å². The molecular weight excluding hydrogens is 284 g/mol. The summed E-state index contributed by atoms with van der Waals surface area (Å²) in [6.07, 6.45) is 1.60. The SMILES string of the molecule is Oc1ccc2ccccc2c1/C=N/Nc1ccccc1Cl. The smallest absolute Gasteiger partial charge is 0.125 e. The van der Waals surface area contributed by atoms with Gasteiger partial charge in [-0.1, -0.05) is 54.1 Å². The molecule has 2 N–H and O–H groups in total. The molecule has 0 aliphatic rings. The molecule has 0 bridgehead atoms. The molecule has 0 spiro atoms. The molecule has 3 aromatic carbocycles. The minimum atomic E-state index is 0.193. The molecule has 0 saturated carbocycles. The van der Waals surface area contributed by atoms with Crippen LogP contribution in [0.4, 0.5) is 5.69 Å². The fourth-order valence-corrected chi connectivity index (χ4v) is 2.32. The number of nitrogens with one attached hydrogen (secondary N) is 1. The minimum absolute atomic E-state index is 0.193. The van der Waals surface area contributed by atoms with Crippen molar-refractivity contribution in [3.8, 4) is 5.75 Å². The molecule has 0 heterocycles. The molecule has 0 aliphatic carbocycles. The quantitative estimate of drug-likeness (QED) is 0.546. The van der Waals surface area contributed by atoms with Crippen molar-refractivity contribution in [1.82, 2.24) is 0 Å². The van der Waals surface area contributed by atoms with Gasteiger partial charge >= 0.3 is 0 Å². The van der Waals surface area contributed by atoms with E-state index in [9.17, 15) is 5.11 Å². The monoisotopic (exact) mass is 296 g/mol. The first-order valence-electron chi connectivity index (χ1n) is 6.50. The maximum atomic E-state index is 10.0. The first-order chi connectivity index (χ1) is 10.3. The number of hydrazone groups is 1. The van der Waals surface area contributed by atoms with Crippen LogP contribution in [0.15, 0.2) is 65.8 Å². The number of hydrogen-bond donors (Lipinski definition) is 2. The lowest BCUT2D eigenvalue weighted by molar-refractivity contribution is 0.475. The van der Waals surface area contributed by atoms with Crippen LogP contribution in [0.3, 0.4) is 0 Å². The van der Waals surface area contributed by atoms with Gasteiger partial charge in [0.2, 0.25) is 0 Å². The van der Waals surface area contributed by atoms with Gasteiger partial charge in [-0.2, -0.15) is 5.10 Å². The first kappa shape index (κ1) is 13.5. The maximum Gasteiger partial charge on any atom is 0.125 e. The second-order valence-electron chi connectivity index (χ2n) is 4.57. The maximum absolute atomic E-state index is 10.0. The Morgan fingerprint density at radius 3 is 2.57 bits per heavy atom. The summed E-state index contributed by atoms with van der Waals surface area (Å²) in [4.78, 5) is 0. The van der Waals surface area contributed by atoms with Crippen molar-refractivity contribution in [2.45, 2.75) is 0 Å². The number of rotatable bonds is 3. The molecule has 3 aromatic rings. The molecule has 0 aliphatic heterocycles. The number of benzene rings is 3. The molecular formula is C17H13ClN2O. The van der Waals surface area contributed by atoms with Gasteiger partial charge in [0.15, 0.2) is 0 Å². The van der Waals surface area contributed by atoms with Gasteiger partial charge < -0.3 is 5.11 Å². The van der Waals surface area contributed by atoms with Crippen molar-refractivity contribution >= 4 is 34.3 Å². The zero-order valence-electron chi connectivity index (χ0n) is 11.1. The van der Waals surface area contributed by atoms with Crippen LogP contribution in [-0.4, -0.2) is 11.3 Å². The summed E-state index contributed by atoms with van der Waals surface area (Å²) in [6, 6.07) is 18.7. The predicted octanol–water partition coefficient (Wildman–Crippen LogP) is 4.64. The van der Waals surface area contributed by atoms with E-state index in [1.165, 1.54) is 0 Å². The molecule has 0 unspecified atom stereocenters. The van der Waals surface area contributed by atoms with Gasteiger partial charge in [-0.25, -0.2) is 0 Å². The van der Waals surface area contributed by atoms with Gasteiger partial charge in [0.25, 0.3) is 0 Å². The van der Waals surface area contributed by atoms with Gasteiger partial charge in [0.05, 0.1) is 16.9 Å². The van der Waals surface area contributed by atoms with E-state index in [-0.39, 0.29) is 5.75 Å². The van der Waals surface area contributed by atoms with E-state index >= 15 is 0 Å². The second-order valence-corrected chi connectivity index (χ2v) is 4.98. The summed E-state index contributed by atoms with van der Waals surface area (Å²) in [5.74, 6) is 0.193. The van der Waals surface area contributed by atoms with Crippen LogP contribution in [-0.2, 0) is 0 Å². The largest absolute Gasteiger partial charge is 0.507 e. The Labute approximate surface area is 127 Å². The van der Waals surface area contributed by atoms with Crippen molar-refractivity contribution < 1.29 is 5.11 Å². The highest BCUT2D eigenvalue weighted by atomic mass is 35.5. The summed E-state index contributed by atoms with van der Waals surface area (Å²) in [7, 11) is 0. The predicted molar refractivity (Wildman–Crippen MR) is 88.3 cm³/mol. The molecule has 0 atom stereocenters. The molecule has 21 heavy (non-hydrogen) atoms. The zero-order valence-corrected chi connectivity index (χ0v) is 11.9. The van der Waals surface area contributed by atoms with Gasteiger partial charge in [-0.15, -0.1) is 0 Å². The minimum Gasteiger partial charge on any atom is -0.507 e. The molecule has 0 radical (unpaired) electrons. The van der Waals surface area contributed by atoms with Crippen LogP contribution in [0.5, 0.6) is 5.75 Å². The van der Waals surface area contributed by atoms with E-state index < -0.39 is 0 Å². The third-order valence-electron chi connectivity index (χ3n) is 3.20. The van der Waals surface area contributed by atoms with Crippen molar-refractivity contribution in [1.29, 1.82) is 0 Å². The topological polar surface area (TPSA) is 44.6 Å². The first-order valence-corrected chi connectivity index (χ1v) is 6.88. The standard InChI is InChI=1S/C17H13ClN2O/c18-15-7-3-4-8-16(15)20-19-11-14-13-6-2-1-5-12(13)9-10-17(14)21/h1-11,20-21H/b19-11+. The lowest BCUT2D eigenvalue weighted by atomic mass is 10.0. The number of aromatic hydroxyl groups is 1. The summed E-state index contributed by atoms with van der Waals surface area (Å²) in [6.45, 7) is 0. The molecule has 4 heteroatoms. The highest BCUT2D eigenvalue weighted by Crippen LogP contribution is 2.26. The van der Waals surface area contributed by atoms with E-state index in [0.717, 1.165) is 16.5 Å². The van der Waals surface area contributed by atoms with E-state index in [0.29, 0.717) is 10.6 Å². The fourth-order valence-electron chi connectivity index (χ4n) is 2.14. The number of nitrogens with zero attached hydrogens (tertiary/aromatic N) is 1. The van der Waals surface area contributed by atoms with Crippen molar-refractivity contribution in [2.24, 2.45) is 5.10 Å². The van der Waals surface area contributed by atoms with Gasteiger partial charge in [0.1, 0.15) is 5.75 Å². The molecule has 0 amide bonds. The van der Waals surface area contributed by atoms with Crippen molar-refractivity contribution in [3.05, 3.63) is 71.2 Å². The number of anilines is 1. The Balaban J connectivity index is 1.93. The average Bonchev–Trinajstić information content (AvgIpc) is 2.51. The molecule has 0 saturated heterocycles. The summed E-state index contributed by atoms with van der Waals surface area (Å²) in [5.41, 5.74) is 4.27. The zero-order chi connectivity index (χ0) is 14.7. The van der Waals surface area contributed by atoms with E-state index in [2.05, 4.69) is 10.5 Å². The molecule has 104 valence electrons. The highest BCUT2D eigenvalue weighted by Gasteiger charge is 2.04. The summed E-state index contributed by atoms with van der Waals surface area (Å²) < 4.78 is 0. The Hall–Kier alpha value is -2.52. The molecule has 3 nitrogen and oxygen atoms in total. The molecule has 0 fully saturated rings. The van der Waals surface area contributed by atoms with Crippen molar-refractivity contribution in [2.75, 3.05) is 5.43 Å². The van der Waals surface area contributed by atoms with E-state index in [1.54, 1.807) is 18.3 Å². The number of phenols is 1. The summed E-state index contributed by atoms with van der Waals surface area (Å²) >= 11 is 6.05. The molecule has 0 aromatic heterocycles. The van der Waals surface area contributed by atoms with E-state index in [1.807, 2.05) is 48.5 Å². The van der Waals surface area contributed by atoms with Gasteiger partial charge in [0, 0.05) is 5.56 Å². The molecule has 3 rings (SSSR count). The highest BCUT2D eigenvalue weighted by molar-refractivity contribution is 6.33. The van der Waals surface area contributed by atoms with Crippen LogP contribution in [0, 0.1) is 0 Å². The van der Waals surface area contributed by atoms with Crippen LogP contribution in [0.1, 0.15) is 5.56 Å². The second kappa shape index (κ2) is 5.85. The Kier molecular flexibility index (Phi) is 3.75. The van der Waals surface area contributed by atoms with Crippen LogP contribution in [0.25, 0.3) is 10.8 Å². The van der Waals surface area contributed by atoms with E-state index in [4.69, 9.17) is 11.6 Å². The Bertz CT molecular complexity index is 815. The fraction of sp³-hybridized carbons (Fsp3) is 0. The Morgan fingerprint density at radius 1 is 0.952 bits per heavy atom. The number of phenolic OH excluding ortho intramolecular Hbond substituents is 1. The number of hydrogen-bond acceptors (Lipinski definition) is 3.